The highest BCUT2D eigenvalue weighted by Crippen LogP contribution is 2.26. The number of benzene rings is 2. The number of aromatic nitrogens is 6. The van der Waals surface area contributed by atoms with Gasteiger partial charge >= 0.3 is 0 Å². The van der Waals surface area contributed by atoms with Gasteiger partial charge in [0.05, 0.1) is 32.8 Å². The summed E-state index contributed by atoms with van der Waals surface area (Å²) in [6.07, 6.45) is 1.68. The highest BCUT2D eigenvalue weighted by atomic mass is 35.5. The SMILES string of the molecule is O=[N+]([O-])c1ccc(Cn2nnc(-c3c[nH]n(-c4ccc(Cl)c(Cl)c4)c3=S)n2)cc1. The number of H-pyrrole nitrogens is 1. The van der Waals surface area contributed by atoms with Gasteiger partial charge in [0.15, 0.2) is 0 Å². The molecule has 12 heteroatoms. The van der Waals surface area contributed by atoms with E-state index in [2.05, 4.69) is 20.5 Å². The molecule has 1 N–H and O–H groups in total. The molecule has 4 aromatic rings. The van der Waals surface area contributed by atoms with Crippen LogP contribution < -0.4 is 0 Å². The summed E-state index contributed by atoms with van der Waals surface area (Å²) < 4.78 is 2.11. The van der Waals surface area contributed by atoms with Crippen LogP contribution in [-0.2, 0) is 6.54 Å². The van der Waals surface area contributed by atoms with E-state index in [-0.39, 0.29) is 5.69 Å². The molecule has 0 saturated carbocycles. The number of tetrazole rings is 1. The molecule has 0 unspecified atom stereocenters. The van der Waals surface area contributed by atoms with Crippen LogP contribution in [0.15, 0.2) is 48.7 Å². The summed E-state index contributed by atoms with van der Waals surface area (Å²) in [5.41, 5.74) is 2.14. The third-order valence-corrected chi connectivity index (χ3v) is 5.24. The number of nitrogens with one attached hydrogen (secondary N) is 1. The lowest BCUT2D eigenvalue weighted by molar-refractivity contribution is -0.384. The minimum atomic E-state index is -0.449. The van der Waals surface area contributed by atoms with Gasteiger partial charge in [-0.15, -0.1) is 10.2 Å². The summed E-state index contributed by atoms with van der Waals surface area (Å²) >= 11 is 17.6. The molecule has 0 aliphatic rings. The quantitative estimate of drug-likeness (QED) is 0.275. The van der Waals surface area contributed by atoms with Gasteiger partial charge in [0.25, 0.3) is 5.69 Å². The lowest BCUT2D eigenvalue weighted by Crippen LogP contribution is -2.04. The molecule has 0 aliphatic heterocycles. The Bertz CT molecular complexity index is 1260. The second kappa shape index (κ2) is 7.74. The zero-order valence-corrected chi connectivity index (χ0v) is 16.8. The Morgan fingerprint density at radius 3 is 2.59 bits per heavy atom. The molecule has 0 saturated heterocycles. The smallest absolute Gasteiger partial charge is 0.269 e. The zero-order chi connectivity index (χ0) is 20.5. The predicted molar refractivity (Wildman–Crippen MR) is 110 cm³/mol. The van der Waals surface area contributed by atoms with E-state index in [4.69, 9.17) is 35.4 Å². The number of non-ortho nitro benzene ring substituents is 1. The maximum atomic E-state index is 10.7. The molecular weight excluding hydrogens is 437 g/mol. The second-order valence-electron chi connectivity index (χ2n) is 5.99. The molecule has 29 heavy (non-hydrogen) atoms. The van der Waals surface area contributed by atoms with Crippen molar-refractivity contribution in [3.63, 3.8) is 0 Å². The van der Waals surface area contributed by atoms with Crippen LogP contribution in [0.2, 0.25) is 10.0 Å². The molecule has 0 atom stereocenters. The van der Waals surface area contributed by atoms with Crippen molar-refractivity contribution in [3.8, 4) is 17.1 Å². The summed E-state index contributed by atoms with van der Waals surface area (Å²) in [7, 11) is 0. The molecule has 0 spiro atoms. The van der Waals surface area contributed by atoms with E-state index in [9.17, 15) is 10.1 Å². The van der Waals surface area contributed by atoms with Crippen molar-refractivity contribution in [2.45, 2.75) is 6.54 Å². The van der Waals surface area contributed by atoms with Crippen LogP contribution in [-0.4, -0.2) is 34.9 Å². The molecule has 2 aromatic carbocycles. The minimum absolute atomic E-state index is 0.0240. The van der Waals surface area contributed by atoms with Gasteiger partial charge in [0.2, 0.25) is 5.82 Å². The van der Waals surface area contributed by atoms with Crippen molar-refractivity contribution < 1.29 is 4.92 Å². The first-order valence-corrected chi connectivity index (χ1v) is 9.36. The van der Waals surface area contributed by atoms with E-state index in [1.807, 2.05) is 0 Å². The summed E-state index contributed by atoms with van der Waals surface area (Å²) in [5, 5.41) is 27.1. The molecule has 146 valence electrons. The number of nitrogens with zero attached hydrogens (tertiary/aromatic N) is 6. The maximum absolute atomic E-state index is 10.7. The van der Waals surface area contributed by atoms with Crippen LogP contribution in [0.4, 0.5) is 5.69 Å². The molecule has 0 amide bonds. The Morgan fingerprint density at radius 1 is 1.14 bits per heavy atom. The van der Waals surface area contributed by atoms with Crippen LogP contribution >= 0.6 is 35.4 Å². The van der Waals surface area contributed by atoms with E-state index in [0.717, 1.165) is 5.56 Å². The average molecular weight is 448 g/mol. The average Bonchev–Trinajstić information content (AvgIpc) is 3.31. The van der Waals surface area contributed by atoms with Gasteiger partial charge < -0.3 is 0 Å². The largest absolute Gasteiger partial charge is 0.299 e. The molecular formula is C17H11Cl2N7O2S. The summed E-state index contributed by atoms with van der Waals surface area (Å²) in [4.78, 5) is 11.7. The normalized spacial score (nSPS) is 11.0. The lowest BCUT2D eigenvalue weighted by atomic mass is 10.2. The number of halogens is 2. The molecule has 0 fully saturated rings. The monoisotopic (exact) mass is 447 g/mol. The Balaban J connectivity index is 1.58. The fourth-order valence-electron chi connectivity index (χ4n) is 2.65. The van der Waals surface area contributed by atoms with Gasteiger partial charge in [-0.25, -0.2) is 4.68 Å². The zero-order valence-electron chi connectivity index (χ0n) is 14.5. The molecule has 2 aromatic heterocycles. The van der Waals surface area contributed by atoms with Crippen LogP contribution in [0, 0.1) is 14.8 Å². The van der Waals surface area contributed by atoms with Crippen molar-refractivity contribution in [1.29, 1.82) is 0 Å². The van der Waals surface area contributed by atoms with E-state index >= 15 is 0 Å². The van der Waals surface area contributed by atoms with Crippen molar-refractivity contribution in [3.05, 3.63) is 79.0 Å². The number of hydrogen-bond acceptors (Lipinski definition) is 6. The van der Waals surface area contributed by atoms with Gasteiger partial charge in [0, 0.05) is 18.3 Å². The second-order valence-corrected chi connectivity index (χ2v) is 7.19. The van der Waals surface area contributed by atoms with Gasteiger partial charge in [0.1, 0.15) is 4.64 Å². The van der Waals surface area contributed by atoms with Gasteiger partial charge in [-0.05, 0) is 29.0 Å². The first kappa shape index (κ1) is 19.2. The minimum Gasteiger partial charge on any atom is -0.299 e. The molecule has 0 radical (unpaired) electrons. The number of aromatic amines is 1. The Labute approximate surface area is 178 Å². The van der Waals surface area contributed by atoms with Crippen molar-refractivity contribution in [1.82, 2.24) is 30.0 Å². The van der Waals surface area contributed by atoms with E-state index < -0.39 is 4.92 Å². The van der Waals surface area contributed by atoms with Gasteiger partial charge in [-0.2, -0.15) is 4.80 Å². The Kier molecular flexibility index (Phi) is 5.14. The molecule has 0 bridgehead atoms. The van der Waals surface area contributed by atoms with E-state index in [1.54, 1.807) is 41.2 Å². The van der Waals surface area contributed by atoms with Gasteiger partial charge in [-0.3, -0.25) is 15.2 Å². The van der Waals surface area contributed by atoms with E-state index in [1.165, 1.54) is 16.9 Å². The standard InChI is InChI=1S/C17H11Cl2N7O2S/c18-14-6-5-12(7-15(14)19)25-17(29)13(8-20-25)16-21-23-24(22-16)9-10-1-3-11(4-2-10)26(27)28/h1-8,20H,9H2. The maximum Gasteiger partial charge on any atom is 0.269 e. The lowest BCUT2D eigenvalue weighted by Gasteiger charge is -2.04. The highest BCUT2D eigenvalue weighted by Gasteiger charge is 2.13. The summed E-state index contributed by atoms with van der Waals surface area (Å²) in [6.45, 7) is 0.314. The Hall–Kier alpha value is -3.08. The van der Waals surface area contributed by atoms with Crippen molar-refractivity contribution >= 4 is 41.1 Å². The predicted octanol–water partition coefficient (Wildman–Crippen LogP) is 4.45. The van der Waals surface area contributed by atoms with Crippen LogP contribution in [0.25, 0.3) is 17.1 Å². The first-order valence-electron chi connectivity index (χ1n) is 8.20. The van der Waals surface area contributed by atoms with Crippen molar-refractivity contribution in [2.24, 2.45) is 0 Å². The first-order chi connectivity index (χ1) is 13.9. The molecule has 2 heterocycles. The van der Waals surface area contributed by atoms with Crippen LogP contribution in [0.3, 0.4) is 0 Å². The molecule has 9 nitrogen and oxygen atoms in total. The fraction of sp³-hybridized carbons (Fsp3) is 0.0588. The third kappa shape index (κ3) is 3.90. The summed E-state index contributed by atoms with van der Waals surface area (Å²) in [6, 6.07) is 11.3. The van der Waals surface area contributed by atoms with Crippen LogP contribution in [0.5, 0.6) is 0 Å². The van der Waals surface area contributed by atoms with Crippen LogP contribution in [0.1, 0.15) is 5.56 Å². The number of nitro benzene ring substituents is 1. The topological polar surface area (TPSA) is 107 Å². The van der Waals surface area contributed by atoms with E-state index in [0.29, 0.717) is 38.3 Å². The molecule has 4 rings (SSSR count). The Morgan fingerprint density at radius 2 is 1.90 bits per heavy atom. The summed E-state index contributed by atoms with van der Waals surface area (Å²) in [5.74, 6) is 0.354. The molecule has 0 aliphatic carbocycles. The van der Waals surface area contributed by atoms with Gasteiger partial charge in [-0.1, -0.05) is 47.6 Å². The fourth-order valence-corrected chi connectivity index (χ4v) is 3.25. The highest BCUT2D eigenvalue weighted by molar-refractivity contribution is 7.71. The number of rotatable bonds is 5. The number of nitro groups is 1. The third-order valence-electron chi connectivity index (χ3n) is 4.10. The number of hydrogen-bond donors (Lipinski definition) is 1. The van der Waals surface area contributed by atoms with Crippen molar-refractivity contribution in [2.75, 3.05) is 0 Å².